The van der Waals surface area contributed by atoms with Gasteiger partial charge in [0.25, 0.3) is 0 Å². The summed E-state index contributed by atoms with van der Waals surface area (Å²) in [5.41, 5.74) is 0. The minimum absolute atomic E-state index is 0.241. The first-order chi connectivity index (χ1) is 14.2. The summed E-state index contributed by atoms with van der Waals surface area (Å²) in [7, 11) is 0. The molecule has 1 aromatic heterocycles. The van der Waals surface area contributed by atoms with E-state index in [4.69, 9.17) is 4.74 Å². The lowest BCUT2D eigenvalue weighted by Gasteiger charge is -2.11. The number of aliphatic hydroxyl groups excluding tert-OH is 1. The van der Waals surface area contributed by atoms with Crippen molar-refractivity contribution in [2.24, 2.45) is 0 Å². The summed E-state index contributed by atoms with van der Waals surface area (Å²) >= 11 is 3.33. The van der Waals surface area contributed by atoms with Gasteiger partial charge in [0.05, 0.1) is 0 Å². The normalized spacial score (nSPS) is 12.3. The van der Waals surface area contributed by atoms with Crippen LogP contribution in [0.4, 0.5) is 0 Å². The van der Waals surface area contributed by atoms with E-state index < -0.39 is 6.29 Å². The number of ether oxygens (including phenoxy) is 1. The number of hydrogen-bond donors (Lipinski definition) is 1. The maximum absolute atomic E-state index is 9.79. The first kappa shape index (κ1) is 26.5. The molecule has 1 heterocycles. The lowest BCUT2D eigenvalue weighted by Crippen LogP contribution is -2.16. The van der Waals surface area contributed by atoms with Gasteiger partial charge in [0.15, 0.2) is 10.3 Å². The maximum Gasteiger partial charge on any atom is 0.323 e. The molecule has 5 nitrogen and oxygen atoms in total. The molecular weight excluding hydrogens is 402 g/mol. The Labute approximate surface area is 186 Å². The first-order valence-electron chi connectivity index (χ1n) is 11.6. The smallest absolute Gasteiger partial charge is 0.323 e. The molecule has 0 amide bonds. The fourth-order valence-electron chi connectivity index (χ4n) is 2.80. The quantitative estimate of drug-likeness (QED) is 0.142. The fourth-order valence-corrected chi connectivity index (χ4v) is 4.51. The SMILES string of the molecule is CCCCCCCCSc1nc(OC(O)CC)nc(SCCCCCCCC)n1. The average molecular weight is 444 g/mol. The summed E-state index contributed by atoms with van der Waals surface area (Å²) in [6.07, 6.45) is 15.0. The van der Waals surface area contributed by atoms with Gasteiger partial charge in [-0.2, -0.15) is 15.0 Å². The minimum Gasteiger partial charge on any atom is -0.434 e. The van der Waals surface area contributed by atoms with Gasteiger partial charge in [0.1, 0.15) is 0 Å². The van der Waals surface area contributed by atoms with Crippen molar-refractivity contribution in [1.82, 2.24) is 15.0 Å². The average Bonchev–Trinajstić information content (AvgIpc) is 2.72. The second-order valence-corrected chi connectivity index (χ2v) is 9.52. The van der Waals surface area contributed by atoms with Crippen LogP contribution in [0.1, 0.15) is 104 Å². The topological polar surface area (TPSA) is 68.1 Å². The Morgan fingerprint density at radius 1 is 0.690 bits per heavy atom. The first-order valence-corrected chi connectivity index (χ1v) is 13.5. The zero-order valence-electron chi connectivity index (χ0n) is 18.7. The van der Waals surface area contributed by atoms with Gasteiger partial charge in [-0.15, -0.1) is 0 Å². The van der Waals surface area contributed by atoms with Crippen molar-refractivity contribution in [3.05, 3.63) is 0 Å². The monoisotopic (exact) mass is 443 g/mol. The summed E-state index contributed by atoms with van der Waals surface area (Å²) < 4.78 is 5.46. The number of hydrogen-bond acceptors (Lipinski definition) is 7. The molecule has 1 rings (SSSR count). The van der Waals surface area contributed by atoms with Crippen molar-refractivity contribution < 1.29 is 9.84 Å². The van der Waals surface area contributed by atoms with E-state index in [1.165, 1.54) is 77.0 Å². The molecule has 0 aromatic carbocycles. The van der Waals surface area contributed by atoms with E-state index in [9.17, 15) is 5.11 Å². The highest BCUT2D eigenvalue weighted by atomic mass is 32.2. The highest BCUT2D eigenvalue weighted by Crippen LogP contribution is 2.24. The zero-order valence-corrected chi connectivity index (χ0v) is 20.3. The standard InChI is InChI=1S/C22H41N3O2S2/c1-4-7-9-11-13-15-17-28-21-23-20(27-19(26)6-3)24-22(25-21)29-18-16-14-12-10-8-5-2/h19,26H,4-18H2,1-3H3. The second-order valence-electron chi connectivity index (χ2n) is 7.40. The molecule has 0 saturated carbocycles. The van der Waals surface area contributed by atoms with Crippen molar-refractivity contribution in [2.45, 2.75) is 121 Å². The van der Waals surface area contributed by atoms with Crippen LogP contribution in [0.25, 0.3) is 0 Å². The molecular formula is C22H41N3O2S2. The van der Waals surface area contributed by atoms with Crippen LogP contribution in [0.15, 0.2) is 10.3 Å². The summed E-state index contributed by atoms with van der Waals surface area (Å²) in [6.45, 7) is 6.36. The summed E-state index contributed by atoms with van der Waals surface area (Å²) in [4.78, 5) is 13.4. The van der Waals surface area contributed by atoms with E-state index in [1.807, 2.05) is 6.92 Å². The van der Waals surface area contributed by atoms with Crippen LogP contribution in [-0.2, 0) is 0 Å². The molecule has 7 heteroatoms. The number of nitrogens with zero attached hydrogens (tertiary/aromatic N) is 3. The van der Waals surface area contributed by atoms with Crippen molar-refractivity contribution >= 4 is 23.5 Å². The van der Waals surface area contributed by atoms with E-state index >= 15 is 0 Å². The van der Waals surface area contributed by atoms with Crippen molar-refractivity contribution in [1.29, 1.82) is 0 Å². The van der Waals surface area contributed by atoms with Crippen LogP contribution in [0.2, 0.25) is 0 Å². The molecule has 0 saturated heterocycles. The Bertz CT molecular complexity index is 485. The van der Waals surface area contributed by atoms with E-state index in [0.29, 0.717) is 16.7 Å². The summed E-state index contributed by atoms with van der Waals surface area (Å²) in [6, 6.07) is 0.241. The molecule has 1 aromatic rings. The van der Waals surface area contributed by atoms with E-state index in [1.54, 1.807) is 23.5 Å². The molecule has 168 valence electrons. The van der Waals surface area contributed by atoms with Gasteiger partial charge in [-0.05, 0) is 12.8 Å². The van der Waals surface area contributed by atoms with E-state index in [2.05, 4.69) is 28.8 Å². The largest absolute Gasteiger partial charge is 0.434 e. The Balaban J connectivity index is 2.47. The Morgan fingerprint density at radius 2 is 1.14 bits per heavy atom. The fraction of sp³-hybridized carbons (Fsp3) is 0.864. The molecule has 1 atom stereocenters. The number of aliphatic hydroxyl groups is 1. The third-order valence-corrected chi connectivity index (χ3v) is 6.49. The van der Waals surface area contributed by atoms with Crippen LogP contribution in [0.5, 0.6) is 6.01 Å². The lowest BCUT2D eigenvalue weighted by molar-refractivity contribution is -0.0269. The van der Waals surface area contributed by atoms with Crippen molar-refractivity contribution in [3.8, 4) is 6.01 Å². The molecule has 0 aliphatic rings. The number of aromatic nitrogens is 3. The molecule has 0 aliphatic carbocycles. The number of thioether (sulfide) groups is 2. The Kier molecular flexibility index (Phi) is 16.7. The van der Waals surface area contributed by atoms with E-state index in [-0.39, 0.29) is 6.01 Å². The highest BCUT2D eigenvalue weighted by molar-refractivity contribution is 7.99. The molecule has 0 aliphatic heterocycles. The van der Waals surface area contributed by atoms with Crippen LogP contribution in [0.3, 0.4) is 0 Å². The zero-order chi connectivity index (χ0) is 21.2. The van der Waals surface area contributed by atoms with Gasteiger partial charge >= 0.3 is 6.01 Å². The van der Waals surface area contributed by atoms with Gasteiger partial charge in [-0.25, -0.2) is 0 Å². The van der Waals surface area contributed by atoms with Gasteiger partial charge < -0.3 is 9.84 Å². The Hall–Kier alpha value is -0.530. The molecule has 0 fully saturated rings. The van der Waals surface area contributed by atoms with Crippen molar-refractivity contribution in [3.63, 3.8) is 0 Å². The van der Waals surface area contributed by atoms with Gasteiger partial charge in [0.2, 0.25) is 6.29 Å². The third-order valence-electron chi connectivity index (χ3n) is 4.62. The van der Waals surface area contributed by atoms with Gasteiger partial charge in [0, 0.05) is 17.9 Å². The molecule has 0 radical (unpaired) electrons. The highest BCUT2D eigenvalue weighted by Gasteiger charge is 2.12. The minimum atomic E-state index is -0.870. The van der Waals surface area contributed by atoms with Crippen LogP contribution < -0.4 is 4.74 Å². The van der Waals surface area contributed by atoms with Crippen LogP contribution in [0, 0.1) is 0 Å². The second kappa shape index (κ2) is 18.3. The molecule has 1 N–H and O–H groups in total. The predicted octanol–water partition coefficient (Wildman–Crippen LogP) is 6.88. The summed E-state index contributed by atoms with van der Waals surface area (Å²) in [5, 5.41) is 11.2. The molecule has 29 heavy (non-hydrogen) atoms. The van der Waals surface area contributed by atoms with Gasteiger partial charge in [-0.1, -0.05) is 109 Å². The Morgan fingerprint density at radius 3 is 1.59 bits per heavy atom. The van der Waals surface area contributed by atoms with E-state index in [0.717, 1.165) is 11.5 Å². The summed E-state index contributed by atoms with van der Waals surface area (Å²) in [5.74, 6) is 2.01. The number of rotatable bonds is 19. The van der Waals surface area contributed by atoms with Gasteiger partial charge in [-0.3, -0.25) is 0 Å². The third kappa shape index (κ3) is 14.2. The number of unbranched alkanes of at least 4 members (excludes halogenated alkanes) is 10. The molecule has 0 spiro atoms. The molecule has 1 unspecified atom stereocenters. The van der Waals surface area contributed by atoms with Crippen LogP contribution in [-0.4, -0.2) is 37.9 Å². The predicted molar refractivity (Wildman–Crippen MR) is 125 cm³/mol. The molecule has 0 bridgehead atoms. The van der Waals surface area contributed by atoms with Crippen LogP contribution >= 0.6 is 23.5 Å². The lowest BCUT2D eigenvalue weighted by atomic mass is 10.1. The van der Waals surface area contributed by atoms with Crippen molar-refractivity contribution in [2.75, 3.05) is 11.5 Å². The maximum atomic E-state index is 9.79.